The fraction of sp³-hybridized carbons (Fsp3) is 0.214. The van der Waals surface area contributed by atoms with E-state index >= 15 is 0 Å². The standard InChI is InChI=1S/C14H11BrN2O3/c15-10-2-3-11-8(5-10)1-4-12(16-11)17-7-9(14(19)20)6-13(17)18/h1-5,9H,6-7H2,(H,19,20). The Bertz CT molecular complexity index is 717. The molecule has 1 atom stereocenters. The minimum atomic E-state index is -0.939. The van der Waals surface area contributed by atoms with E-state index in [0.29, 0.717) is 5.82 Å². The summed E-state index contributed by atoms with van der Waals surface area (Å²) < 4.78 is 0.961. The van der Waals surface area contributed by atoms with Gasteiger partial charge in [0.05, 0.1) is 11.4 Å². The summed E-state index contributed by atoms with van der Waals surface area (Å²) in [7, 11) is 0. The maximum atomic E-state index is 11.9. The molecule has 1 saturated heterocycles. The quantitative estimate of drug-likeness (QED) is 0.915. The van der Waals surface area contributed by atoms with Crippen LogP contribution >= 0.6 is 15.9 Å². The topological polar surface area (TPSA) is 70.5 Å². The summed E-state index contributed by atoms with van der Waals surface area (Å²) in [6.07, 6.45) is 0.0371. The van der Waals surface area contributed by atoms with Gasteiger partial charge in [-0.25, -0.2) is 4.98 Å². The Morgan fingerprint density at radius 2 is 2.15 bits per heavy atom. The summed E-state index contributed by atoms with van der Waals surface area (Å²) in [6.45, 7) is 0.184. The number of benzene rings is 1. The predicted molar refractivity (Wildman–Crippen MR) is 77.5 cm³/mol. The Morgan fingerprint density at radius 1 is 1.35 bits per heavy atom. The molecule has 0 saturated carbocycles. The molecule has 1 aliphatic heterocycles. The van der Waals surface area contributed by atoms with Crippen molar-refractivity contribution >= 4 is 44.5 Å². The van der Waals surface area contributed by atoms with E-state index in [0.717, 1.165) is 15.4 Å². The first-order chi connectivity index (χ1) is 9.54. The Kier molecular flexibility index (Phi) is 3.17. The third kappa shape index (κ3) is 2.27. The molecule has 2 heterocycles. The highest BCUT2D eigenvalue weighted by molar-refractivity contribution is 9.10. The average Bonchev–Trinajstić information content (AvgIpc) is 2.80. The van der Waals surface area contributed by atoms with Gasteiger partial charge in [0.2, 0.25) is 5.91 Å². The number of pyridine rings is 1. The molecular weight excluding hydrogens is 324 g/mol. The largest absolute Gasteiger partial charge is 0.481 e. The molecule has 102 valence electrons. The third-order valence-electron chi connectivity index (χ3n) is 3.39. The van der Waals surface area contributed by atoms with E-state index in [4.69, 9.17) is 5.11 Å². The first kappa shape index (κ1) is 13.1. The van der Waals surface area contributed by atoms with Gasteiger partial charge in [0.25, 0.3) is 0 Å². The van der Waals surface area contributed by atoms with Crippen molar-refractivity contribution in [3.05, 3.63) is 34.8 Å². The molecule has 0 aliphatic carbocycles. The number of anilines is 1. The number of carboxylic acids is 1. The first-order valence-corrected chi connectivity index (χ1v) is 6.93. The number of carbonyl (C=O) groups is 2. The Hall–Kier alpha value is -1.95. The highest BCUT2D eigenvalue weighted by atomic mass is 79.9. The van der Waals surface area contributed by atoms with Crippen LogP contribution in [0.3, 0.4) is 0 Å². The molecule has 0 radical (unpaired) electrons. The molecule has 3 rings (SSSR count). The molecule has 1 aromatic carbocycles. The van der Waals surface area contributed by atoms with Crippen LogP contribution in [0.4, 0.5) is 5.82 Å². The minimum Gasteiger partial charge on any atom is -0.481 e. The number of amides is 1. The van der Waals surface area contributed by atoms with Crippen LogP contribution in [0.2, 0.25) is 0 Å². The van der Waals surface area contributed by atoms with Crippen molar-refractivity contribution in [1.29, 1.82) is 0 Å². The number of carbonyl (C=O) groups excluding carboxylic acids is 1. The van der Waals surface area contributed by atoms with Crippen LogP contribution in [0.15, 0.2) is 34.8 Å². The molecule has 0 spiro atoms. The Balaban J connectivity index is 1.96. The summed E-state index contributed by atoms with van der Waals surface area (Å²) in [5.41, 5.74) is 0.775. The predicted octanol–water partition coefficient (Wildman–Crippen LogP) is 2.43. The van der Waals surface area contributed by atoms with Crippen molar-refractivity contribution in [1.82, 2.24) is 4.98 Å². The van der Waals surface area contributed by atoms with E-state index in [1.807, 2.05) is 24.3 Å². The minimum absolute atomic E-state index is 0.0371. The third-order valence-corrected chi connectivity index (χ3v) is 3.88. The van der Waals surface area contributed by atoms with Crippen LogP contribution in [-0.2, 0) is 9.59 Å². The molecule has 1 unspecified atom stereocenters. The highest BCUT2D eigenvalue weighted by Gasteiger charge is 2.35. The van der Waals surface area contributed by atoms with Crippen molar-refractivity contribution in [2.24, 2.45) is 5.92 Å². The zero-order valence-electron chi connectivity index (χ0n) is 10.4. The fourth-order valence-corrected chi connectivity index (χ4v) is 2.71. The van der Waals surface area contributed by atoms with Gasteiger partial charge >= 0.3 is 5.97 Å². The monoisotopic (exact) mass is 334 g/mol. The lowest BCUT2D eigenvalue weighted by atomic mass is 10.1. The van der Waals surface area contributed by atoms with Crippen LogP contribution in [0.1, 0.15) is 6.42 Å². The van der Waals surface area contributed by atoms with E-state index < -0.39 is 11.9 Å². The second-order valence-electron chi connectivity index (χ2n) is 4.75. The Labute approximate surface area is 123 Å². The SMILES string of the molecule is O=C(O)C1CC(=O)N(c2ccc3cc(Br)ccc3n2)C1. The van der Waals surface area contributed by atoms with E-state index in [1.54, 1.807) is 6.07 Å². The molecule has 1 amide bonds. The van der Waals surface area contributed by atoms with Crippen molar-refractivity contribution in [3.8, 4) is 0 Å². The summed E-state index contributed by atoms with van der Waals surface area (Å²) >= 11 is 3.39. The lowest BCUT2D eigenvalue weighted by Crippen LogP contribution is -2.26. The molecular formula is C14H11BrN2O3. The zero-order chi connectivity index (χ0) is 14.3. The van der Waals surface area contributed by atoms with E-state index in [2.05, 4.69) is 20.9 Å². The fourth-order valence-electron chi connectivity index (χ4n) is 2.33. The average molecular weight is 335 g/mol. The number of halogens is 1. The van der Waals surface area contributed by atoms with E-state index in [1.165, 1.54) is 4.90 Å². The Morgan fingerprint density at radius 3 is 2.85 bits per heavy atom. The maximum absolute atomic E-state index is 11.9. The lowest BCUT2D eigenvalue weighted by Gasteiger charge is -2.15. The van der Waals surface area contributed by atoms with Gasteiger partial charge < -0.3 is 5.11 Å². The van der Waals surface area contributed by atoms with Crippen molar-refractivity contribution in [2.45, 2.75) is 6.42 Å². The van der Waals surface area contributed by atoms with Gasteiger partial charge in [-0.1, -0.05) is 15.9 Å². The molecule has 1 fully saturated rings. The summed E-state index contributed by atoms with van der Waals surface area (Å²) in [5, 5.41) is 9.96. The second kappa shape index (κ2) is 4.86. The van der Waals surface area contributed by atoms with Gasteiger partial charge in [0.1, 0.15) is 5.82 Å². The maximum Gasteiger partial charge on any atom is 0.308 e. The highest BCUT2D eigenvalue weighted by Crippen LogP contribution is 2.26. The molecule has 1 aliphatic rings. The number of fused-ring (bicyclic) bond motifs is 1. The van der Waals surface area contributed by atoms with E-state index in [9.17, 15) is 9.59 Å². The lowest BCUT2D eigenvalue weighted by molar-refractivity contribution is -0.141. The number of hydrogen-bond donors (Lipinski definition) is 1. The molecule has 2 aromatic rings. The van der Waals surface area contributed by atoms with Gasteiger partial charge in [0.15, 0.2) is 0 Å². The van der Waals surface area contributed by atoms with Gasteiger partial charge in [-0.05, 0) is 30.3 Å². The van der Waals surface area contributed by atoms with E-state index in [-0.39, 0.29) is 18.9 Å². The second-order valence-corrected chi connectivity index (χ2v) is 5.67. The van der Waals surface area contributed by atoms with Crippen LogP contribution in [0.25, 0.3) is 10.9 Å². The molecule has 0 bridgehead atoms. The molecule has 6 heteroatoms. The molecule has 1 aromatic heterocycles. The van der Waals surface area contributed by atoms with Crippen LogP contribution in [0, 0.1) is 5.92 Å². The normalized spacial score (nSPS) is 18.8. The number of nitrogens with zero attached hydrogens (tertiary/aromatic N) is 2. The van der Waals surface area contributed by atoms with Crippen molar-refractivity contribution < 1.29 is 14.7 Å². The van der Waals surface area contributed by atoms with Crippen molar-refractivity contribution in [2.75, 3.05) is 11.4 Å². The van der Waals surface area contributed by atoms with Gasteiger partial charge in [-0.15, -0.1) is 0 Å². The van der Waals surface area contributed by atoms with Gasteiger partial charge in [-0.3, -0.25) is 14.5 Å². The van der Waals surface area contributed by atoms with Crippen LogP contribution < -0.4 is 4.90 Å². The molecule has 5 nitrogen and oxygen atoms in total. The van der Waals surface area contributed by atoms with Gasteiger partial charge in [0, 0.05) is 22.8 Å². The summed E-state index contributed by atoms with van der Waals surface area (Å²) in [6, 6.07) is 9.31. The number of carboxylic acid groups (broad SMARTS) is 1. The van der Waals surface area contributed by atoms with Crippen molar-refractivity contribution in [3.63, 3.8) is 0 Å². The van der Waals surface area contributed by atoms with Crippen LogP contribution in [-0.4, -0.2) is 28.5 Å². The smallest absolute Gasteiger partial charge is 0.308 e. The summed E-state index contributed by atoms with van der Waals surface area (Å²) in [5.74, 6) is -1.27. The van der Waals surface area contributed by atoms with Gasteiger partial charge in [-0.2, -0.15) is 0 Å². The number of aliphatic carboxylic acids is 1. The number of aromatic nitrogens is 1. The number of rotatable bonds is 2. The van der Waals surface area contributed by atoms with Crippen LogP contribution in [0.5, 0.6) is 0 Å². The molecule has 20 heavy (non-hydrogen) atoms. The molecule has 1 N–H and O–H groups in total. The summed E-state index contributed by atoms with van der Waals surface area (Å²) in [4.78, 5) is 28.7. The zero-order valence-corrected chi connectivity index (χ0v) is 12.0. The number of hydrogen-bond acceptors (Lipinski definition) is 3. The first-order valence-electron chi connectivity index (χ1n) is 6.14.